The maximum atomic E-state index is 12.4. The second kappa shape index (κ2) is 14.3. The molecule has 0 spiro atoms. The van der Waals surface area contributed by atoms with Crippen LogP contribution in [-0.2, 0) is 29.9 Å². The van der Waals surface area contributed by atoms with Crippen LogP contribution in [0.3, 0.4) is 0 Å². The second-order valence-corrected chi connectivity index (χ2v) is 11.8. The van der Waals surface area contributed by atoms with Gasteiger partial charge in [-0.15, -0.1) is 0 Å². The molecular formula is C29H48N4O6. The van der Waals surface area contributed by atoms with E-state index < -0.39 is 0 Å². The molecular weight excluding hydrogens is 500 g/mol. The highest BCUT2D eigenvalue weighted by molar-refractivity contribution is 5.75. The molecule has 2 aliphatic rings. The molecule has 2 heterocycles. The third kappa shape index (κ3) is 9.34. The van der Waals surface area contributed by atoms with Gasteiger partial charge in [-0.25, -0.2) is 10.0 Å². The lowest BCUT2D eigenvalue weighted by atomic mass is 9.75. The Kier molecular flexibility index (Phi) is 11.4. The van der Waals surface area contributed by atoms with Gasteiger partial charge in [0.25, 0.3) is 0 Å². The van der Waals surface area contributed by atoms with Crippen LogP contribution in [0.5, 0.6) is 11.5 Å². The predicted molar refractivity (Wildman–Crippen MR) is 149 cm³/mol. The minimum Gasteiger partial charge on any atom is -0.508 e. The van der Waals surface area contributed by atoms with Crippen LogP contribution in [0.1, 0.15) is 77.3 Å². The molecule has 2 saturated heterocycles. The number of aromatic hydroxyl groups is 1. The third-order valence-electron chi connectivity index (χ3n) is 7.78. The molecule has 0 aliphatic carbocycles. The van der Waals surface area contributed by atoms with E-state index in [0.29, 0.717) is 78.3 Å². The fourth-order valence-corrected chi connectivity index (χ4v) is 5.27. The van der Waals surface area contributed by atoms with Crippen LogP contribution in [0.4, 0.5) is 0 Å². The van der Waals surface area contributed by atoms with Crippen molar-refractivity contribution in [2.24, 2.45) is 0 Å². The first-order chi connectivity index (χ1) is 18.5. The number of hydrogen-bond acceptors (Lipinski definition) is 8. The van der Waals surface area contributed by atoms with Crippen molar-refractivity contribution >= 4 is 11.8 Å². The molecule has 2 amide bonds. The maximum absolute atomic E-state index is 12.4. The number of carbonyl (C=O) groups is 2. The van der Waals surface area contributed by atoms with Crippen LogP contribution >= 0.6 is 0 Å². The lowest BCUT2D eigenvalue weighted by Gasteiger charge is -2.32. The molecule has 39 heavy (non-hydrogen) atoms. The monoisotopic (exact) mass is 548 g/mol. The van der Waals surface area contributed by atoms with Gasteiger partial charge in [0.1, 0.15) is 11.5 Å². The highest BCUT2D eigenvalue weighted by atomic mass is 16.5. The number of morpholine rings is 2. The van der Waals surface area contributed by atoms with Gasteiger partial charge >= 0.3 is 0 Å². The largest absolute Gasteiger partial charge is 0.508 e. The van der Waals surface area contributed by atoms with Crippen LogP contribution in [-0.4, -0.2) is 86.7 Å². The van der Waals surface area contributed by atoms with E-state index in [1.807, 2.05) is 22.2 Å². The molecule has 2 fully saturated rings. The zero-order valence-electron chi connectivity index (χ0n) is 24.4. The van der Waals surface area contributed by atoms with Crippen molar-refractivity contribution in [3.63, 3.8) is 0 Å². The Morgan fingerprint density at radius 3 is 1.69 bits per heavy atom. The predicted octanol–water partition coefficient (Wildman–Crippen LogP) is 3.02. The van der Waals surface area contributed by atoms with Gasteiger partial charge in [0.05, 0.1) is 33.5 Å². The maximum Gasteiger partial charge on any atom is 0.234 e. The van der Waals surface area contributed by atoms with Gasteiger partial charge in [0.15, 0.2) is 0 Å². The number of benzene rings is 1. The number of nitrogens with zero attached hydrogens (tertiary/aromatic N) is 2. The van der Waals surface area contributed by atoms with Crippen molar-refractivity contribution in [3.8, 4) is 11.5 Å². The summed E-state index contributed by atoms with van der Waals surface area (Å²) in [6.45, 7) is 13.7. The SMILES string of the molecule is COc1cc(C(C)(C)CCCC(=O)NN2CCOCC2)c(O)cc1C(C)(C)CCCC(=O)NN1CCOCC1. The van der Waals surface area contributed by atoms with Crippen LogP contribution in [0.15, 0.2) is 12.1 Å². The molecule has 1 aromatic carbocycles. The van der Waals surface area contributed by atoms with Crippen molar-refractivity contribution in [2.75, 3.05) is 59.7 Å². The fraction of sp³-hybridized carbons (Fsp3) is 0.724. The number of phenols is 1. The van der Waals surface area contributed by atoms with Crippen LogP contribution in [0.25, 0.3) is 0 Å². The molecule has 220 valence electrons. The minimum absolute atomic E-state index is 0.00484. The number of hydrazine groups is 2. The minimum atomic E-state index is -0.350. The first-order valence-corrected chi connectivity index (χ1v) is 14.2. The van der Waals surface area contributed by atoms with Crippen molar-refractivity contribution in [2.45, 2.75) is 77.0 Å². The topological polar surface area (TPSA) is 113 Å². The van der Waals surface area contributed by atoms with Gasteiger partial charge in [-0.3, -0.25) is 20.4 Å². The van der Waals surface area contributed by atoms with E-state index in [1.54, 1.807) is 7.11 Å². The van der Waals surface area contributed by atoms with E-state index in [-0.39, 0.29) is 28.4 Å². The number of amides is 2. The average Bonchev–Trinajstić information content (AvgIpc) is 2.89. The Morgan fingerprint density at radius 1 is 0.821 bits per heavy atom. The van der Waals surface area contributed by atoms with Crippen molar-refractivity contribution in [1.82, 2.24) is 20.9 Å². The van der Waals surface area contributed by atoms with Gasteiger partial charge < -0.3 is 19.3 Å². The van der Waals surface area contributed by atoms with Gasteiger partial charge in [-0.2, -0.15) is 0 Å². The van der Waals surface area contributed by atoms with Crippen molar-refractivity contribution < 1.29 is 28.9 Å². The number of carbonyl (C=O) groups excluding carboxylic acids is 2. The standard InChI is InChI=1S/C29H48N4O6/c1-28(2,10-6-8-26(35)30-32-12-16-38-17-13-32)22-21-25(37-5)23(20-24(22)34)29(3,4)11-7-9-27(36)31-33-14-18-39-19-15-33/h20-21,34H,6-19H2,1-5H3,(H,30,35)(H,31,36). The average molecular weight is 549 g/mol. The Bertz CT molecular complexity index is 955. The van der Waals surface area contributed by atoms with E-state index in [0.717, 1.165) is 29.7 Å². The molecule has 3 rings (SSSR count). The van der Waals surface area contributed by atoms with Gasteiger partial charge in [-0.1, -0.05) is 27.7 Å². The molecule has 2 aliphatic heterocycles. The molecule has 0 bridgehead atoms. The first kappa shape index (κ1) is 31.1. The summed E-state index contributed by atoms with van der Waals surface area (Å²) in [5, 5.41) is 14.9. The third-order valence-corrected chi connectivity index (χ3v) is 7.78. The highest BCUT2D eigenvalue weighted by Gasteiger charge is 2.30. The van der Waals surface area contributed by atoms with Crippen LogP contribution < -0.4 is 15.6 Å². The Morgan fingerprint density at radius 2 is 1.26 bits per heavy atom. The van der Waals surface area contributed by atoms with Crippen LogP contribution in [0.2, 0.25) is 0 Å². The number of methoxy groups -OCH3 is 1. The van der Waals surface area contributed by atoms with Crippen LogP contribution in [0, 0.1) is 0 Å². The first-order valence-electron chi connectivity index (χ1n) is 14.2. The molecule has 1 aromatic rings. The Balaban J connectivity index is 1.56. The highest BCUT2D eigenvalue weighted by Crippen LogP contribution is 2.43. The summed E-state index contributed by atoms with van der Waals surface area (Å²) in [5.41, 5.74) is 6.98. The fourth-order valence-electron chi connectivity index (χ4n) is 5.27. The number of nitrogens with one attached hydrogen (secondary N) is 2. The van der Waals surface area contributed by atoms with E-state index in [9.17, 15) is 14.7 Å². The lowest BCUT2D eigenvalue weighted by molar-refractivity contribution is -0.129. The summed E-state index contributed by atoms with van der Waals surface area (Å²) in [6.07, 6.45) is 3.77. The zero-order valence-corrected chi connectivity index (χ0v) is 24.4. The normalized spacial score (nSPS) is 17.6. The van der Waals surface area contributed by atoms with E-state index in [1.165, 1.54) is 0 Å². The van der Waals surface area contributed by atoms with Gasteiger partial charge in [0, 0.05) is 50.1 Å². The van der Waals surface area contributed by atoms with Crippen molar-refractivity contribution in [1.29, 1.82) is 0 Å². The molecule has 0 aromatic heterocycles. The molecule has 3 N–H and O–H groups in total. The summed E-state index contributed by atoms with van der Waals surface area (Å²) in [7, 11) is 1.65. The quantitative estimate of drug-likeness (QED) is 0.345. The molecule has 10 heteroatoms. The lowest BCUT2D eigenvalue weighted by Crippen LogP contribution is -2.48. The Hall–Kier alpha value is -2.40. The number of rotatable bonds is 13. The van der Waals surface area contributed by atoms with E-state index in [2.05, 4.69) is 38.5 Å². The Labute approximate surface area is 233 Å². The smallest absolute Gasteiger partial charge is 0.234 e. The summed E-state index contributed by atoms with van der Waals surface area (Å²) in [4.78, 5) is 24.8. The van der Waals surface area contributed by atoms with E-state index in [4.69, 9.17) is 14.2 Å². The summed E-state index contributed by atoms with van der Waals surface area (Å²) < 4.78 is 16.4. The summed E-state index contributed by atoms with van der Waals surface area (Å²) in [6, 6.07) is 3.75. The number of phenolic OH excluding ortho intramolecular Hbond substituents is 1. The second-order valence-electron chi connectivity index (χ2n) is 11.8. The molecule has 0 atom stereocenters. The molecule has 0 saturated carbocycles. The number of hydrogen-bond donors (Lipinski definition) is 3. The van der Waals surface area contributed by atoms with Gasteiger partial charge in [-0.05, 0) is 48.6 Å². The molecule has 0 radical (unpaired) electrons. The van der Waals surface area contributed by atoms with E-state index >= 15 is 0 Å². The summed E-state index contributed by atoms with van der Waals surface area (Å²) >= 11 is 0. The zero-order chi connectivity index (χ0) is 28.5. The van der Waals surface area contributed by atoms with Gasteiger partial charge in [0.2, 0.25) is 11.8 Å². The summed E-state index contributed by atoms with van der Waals surface area (Å²) in [5.74, 6) is 0.971. The number of ether oxygens (including phenoxy) is 3. The van der Waals surface area contributed by atoms with Crippen molar-refractivity contribution in [3.05, 3.63) is 23.3 Å². The molecule has 0 unspecified atom stereocenters. The molecule has 10 nitrogen and oxygen atoms in total.